The molecular formula is C23H37N3O. The van der Waals surface area contributed by atoms with E-state index in [0.29, 0.717) is 23.5 Å². The fourth-order valence-electron chi connectivity index (χ4n) is 4.77. The lowest BCUT2D eigenvalue weighted by Gasteiger charge is -2.36. The minimum atomic E-state index is 0.198. The summed E-state index contributed by atoms with van der Waals surface area (Å²) in [5.41, 5.74) is 1.31. The van der Waals surface area contributed by atoms with Crippen LogP contribution in [0.3, 0.4) is 0 Å². The van der Waals surface area contributed by atoms with Crippen molar-refractivity contribution in [2.24, 2.45) is 17.8 Å². The van der Waals surface area contributed by atoms with Gasteiger partial charge < -0.3 is 4.90 Å². The van der Waals surface area contributed by atoms with Crippen LogP contribution in [0.5, 0.6) is 0 Å². The molecule has 0 amide bonds. The first kappa shape index (κ1) is 20.4. The number of ketones is 1. The Morgan fingerprint density at radius 3 is 2.11 bits per heavy atom. The van der Waals surface area contributed by atoms with E-state index in [1.54, 1.807) is 0 Å². The van der Waals surface area contributed by atoms with Crippen molar-refractivity contribution in [2.75, 3.05) is 19.6 Å². The molecule has 1 aromatic rings. The summed E-state index contributed by atoms with van der Waals surface area (Å²) in [5, 5.41) is 0. The second kappa shape index (κ2) is 9.27. The van der Waals surface area contributed by atoms with Crippen LogP contribution in [0.1, 0.15) is 89.4 Å². The maximum Gasteiger partial charge on any atom is 0.138 e. The number of likely N-dealkylation sites (tertiary alicyclic amines) is 1. The summed E-state index contributed by atoms with van der Waals surface area (Å²) in [6, 6.07) is 0. The largest absolute Gasteiger partial charge is 0.303 e. The number of nitrogens with zero attached hydrogens (tertiary/aromatic N) is 3. The average molecular weight is 372 g/mol. The molecule has 150 valence electrons. The van der Waals surface area contributed by atoms with Crippen molar-refractivity contribution >= 4 is 5.78 Å². The molecule has 27 heavy (non-hydrogen) atoms. The number of rotatable bonds is 6. The fraction of sp³-hybridized carbons (Fsp3) is 0.783. The van der Waals surface area contributed by atoms with Gasteiger partial charge in [0.05, 0.1) is 0 Å². The average Bonchev–Trinajstić information content (AvgIpc) is 2.68. The predicted molar refractivity (Wildman–Crippen MR) is 110 cm³/mol. The van der Waals surface area contributed by atoms with Crippen molar-refractivity contribution in [1.29, 1.82) is 0 Å². The Balaban J connectivity index is 1.42. The van der Waals surface area contributed by atoms with Crippen molar-refractivity contribution < 1.29 is 4.79 Å². The highest BCUT2D eigenvalue weighted by atomic mass is 16.1. The first-order valence-electron chi connectivity index (χ1n) is 11.0. The second-order valence-corrected chi connectivity index (χ2v) is 9.38. The molecular weight excluding hydrogens is 334 g/mol. The Labute approximate surface area is 165 Å². The van der Waals surface area contributed by atoms with Crippen molar-refractivity contribution in [3.05, 3.63) is 23.8 Å². The number of Topliss-reactive ketones (excluding diaryl/α,β-unsaturated/α-hetero) is 1. The number of carbonyl (C=O) groups is 1. The molecule has 1 saturated carbocycles. The molecule has 0 spiro atoms. The lowest BCUT2D eigenvalue weighted by Crippen LogP contribution is -2.38. The number of carbonyl (C=O) groups excluding carboxylic acids is 1. The highest BCUT2D eigenvalue weighted by Crippen LogP contribution is 2.33. The molecule has 4 nitrogen and oxygen atoms in total. The van der Waals surface area contributed by atoms with Gasteiger partial charge in [0, 0.05) is 36.7 Å². The van der Waals surface area contributed by atoms with Gasteiger partial charge in [-0.25, -0.2) is 9.97 Å². The molecule has 1 aromatic heterocycles. The molecule has 0 unspecified atom stereocenters. The standard InChI is InChI=1S/C23H37N3O/c1-16(2)22(27)20-7-5-18(6-8-20)15-26-11-9-19(10-12-26)21-13-24-23(17(3)4)25-14-21/h13-14,16-20H,5-12,15H2,1-4H3. The van der Waals surface area contributed by atoms with E-state index in [-0.39, 0.29) is 5.92 Å². The second-order valence-electron chi connectivity index (χ2n) is 9.38. The number of aromatic nitrogens is 2. The smallest absolute Gasteiger partial charge is 0.138 e. The van der Waals surface area contributed by atoms with Gasteiger partial charge in [-0.05, 0) is 69.0 Å². The summed E-state index contributed by atoms with van der Waals surface area (Å²) in [6.07, 6.45) is 11.2. The Hall–Kier alpha value is -1.29. The highest BCUT2D eigenvalue weighted by molar-refractivity contribution is 5.82. The number of hydrogen-bond donors (Lipinski definition) is 0. The van der Waals surface area contributed by atoms with E-state index in [2.05, 4.69) is 41.1 Å². The van der Waals surface area contributed by atoms with E-state index in [4.69, 9.17) is 0 Å². The van der Waals surface area contributed by atoms with Gasteiger partial charge in [-0.2, -0.15) is 0 Å². The molecule has 2 aliphatic rings. The lowest BCUT2D eigenvalue weighted by atomic mass is 9.77. The van der Waals surface area contributed by atoms with Gasteiger partial charge in [-0.3, -0.25) is 4.79 Å². The predicted octanol–water partition coefficient (Wildman–Crippen LogP) is 4.81. The van der Waals surface area contributed by atoms with Gasteiger partial charge in [0.1, 0.15) is 11.6 Å². The normalized spacial score (nSPS) is 25.3. The van der Waals surface area contributed by atoms with Crippen molar-refractivity contribution in [1.82, 2.24) is 14.9 Å². The lowest BCUT2D eigenvalue weighted by molar-refractivity contribution is -0.127. The summed E-state index contributed by atoms with van der Waals surface area (Å²) in [5.74, 6) is 3.76. The molecule has 0 radical (unpaired) electrons. The molecule has 1 saturated heterocycles. The quantitative estimate of drug-likeness (QED) is 0.720. The van der Waals surface area contributed by atoms with Crippen LogP contribution in [0.2, 0.25) is 0 Å². The molecule has 1 aliphatic carbocycles. The van der Waals surface area contributed by atoms with Crippen LogP contribution in [-0.2, 0) is 4.79 Å². The van der Waals surface area contributed by atoms with Crippen LogP contribution in [0.4, 0.5) is 0 Å². The van der Waals surface area contributed by atoms with Crippen LogP contribution >= 0.6 is 0 Å². The zero-order chi connectivity index (χ0) is 19.4. The zero-order valence-corrected chi connectivity index (χ0v) is 17.7. The molecule has 4 heteroatoms. The van der Waals surface area contributed by atoms with Gasteiger partial charge in [-0.15, -0.1) is 0 Å². The minimum Gasteiger partial charge on any atom is -0.303 e. The first-order valence-corrected chi connectivity index (χ1v) is 11.0. The van der Waals surface area contributed by atoms with E-state index >= 15 is 0 Å². The van der Waals surface area contributed by atoms with E-state index in [9.17, 15) is 4.79 Å². The molecule has 1 aliphatic heterocycles. The van der Waals surface area contributed by atoms with Gasteiger partial charge in [0.25, 0.3) is 0 Å². The molecule has 0 aromatic carbocycles. The highest BCUT2D eigenvalue weighted by Gasteiger charge is 2.29. The topological polar surface area (TPSA) is 46.1 Å². The summed E-state index contributed by atoms with van der Waals surface area (Å²) < 4.78 is 0. The van der Waals surface area contributed by atoms with Crippen LogP contribution in [0, 0.1) is 17.8 Å². The monoisotopic (exact) mass is 371 g/mol. The van der Waals surface area contributed by atoms with Crippen LogP contribution in [-0.4, -0.2) is 40.3 Å². The third-order valence-electron chi connectivity index (χ3n) is 6.60. The molecule has 0 bridgehead atoms. The van der Waals surface area contributed by atoms with E-state index in [1.807, 2.05) is 13.8 Å². The Kier molecular flexibility index (Phi) is 7.02. The number of piperidine rings is 1. The van der Waals surface area contributed by atoms with Crippen LogP contribution < -0.4 is 0 Å². The third-order valence-corrected chi connectivity index (χ3v) is 6.60. The number of hydrogen-bond acceptors (Lipinski definition) is 4. The van der Waals surface area contributed by atoms with Gasteiger partial charge in [0.2, 0.25) is 0 Å². The fourth-order valence-corrected chi connectivity index (χ4v) is 4.77. The maximum atomic E-state index is 12.2. The molecule has 3 rings (SSSR count). The van der Waals surface area contributed by atoms with Gasteiger partial charge in [0.15, 0.2) is 0 Å². The molecule has 0 atom stereocenters. The Morgan fingerprint density at radius 2 is 1.59 bits per heavy atom. The summed E-state index contributed by atoms with van der Waals surface area (Å²) >= 11 is 0. The van der Waals surface area contributed by atoms with Gasteiger partial charge >= 0.3 is 0 Å². The van der Waals surface area contributed by atoms with Crippen molar-refractivity contribution in [2.45, 2.75) is 78.1 Å². The van der Waals surface area contributed by atoms with Crippen LogP contribution in [0.15, 0.2) is 12.4 Å². The zero-order valence-electron chi connectivity index (χ0n) is 17.7. The van der Waals surface area contributed by atoms with E-state index in [0.717, 1.165) is 24.6 Å². The third kappa shape index (κ3) is 5.37. The van der Waals surface area contributed by atoms with E-state index < -0.39 is 0 Å². The minimum absolute atomic E-state index is 0.198. The molecule has 2 fully saturated rings. The maximum absolute atomic E-state index is 12.2. The van der Waals surface area contributed by atoms with Crippen LogP contribution in [0.25, 0.3) is 0 Å². The van der Waals surface area contributed by atoms with Crippen molar-refractivity contribution in [3.63, 3.8) is 0 Å². The van der Waals surface area contributed by atoms with Crippen molar-refractivity contribution in [3.8, 4) is 0 Å². The summed E-state index contributed by atoms with van der Waals surface area (Å²) in [4.78, 5) is 23.9. The summed E-state index contributed by atoms with van der Waals surface area (Å²) in [6.45, 7) is 11.9. The SMILES string of the molecule is CC(C)C(=O)C1CCC(CN2CCC(c3cnc(C(C)C)nc3)CC2)CC1. The Bertz CT molecular complexity index is 595. The molecule has 2 heterocycles. The Morgan fingerprint density at radius 1 is 1.00 bits per heavy atom. The summed E-state index contributed by atoms with van der Waals surface area (Å²) in [7, 11) is 0. The van der Waals surface area contributed by atoms with Gasteiger partial charge in [-0.1, -0.05) is 27.7 Å². The first-order chi connectivity index (χ1) is 12.9. The van der Waals surface area contributed by atoms with E-state index in [1.165, 1.54) is 50.9 Å². The molecule has 0 N–H and O–H groups in total.